The van der Waals surface area contributed by atoms with Crippen LogP contribution >= 0.6 is 0 Å². The minimum atomic E-state index is -4.85. The van der Waals surface area contributed by atoms with Gasteiger partial charge >= 0.3 is 6.18 Å². The topological polar surface area (TPSA) is 171 Å². The summed E-state index contributed by atoms with van der Waals surface area (Å²) in [6.07, 6.45) is 8.04. The van der Waals surface area contributed by atoms with E-state index in [1.165, 1.54) is 12.3 Å². The summed E-state index contributed by atoms with van der Waals surface area (Å²) in [6.45, 7) is 0.633. The van der Waals surface area contributed by atoms with Crippen molar-refractivity contribution in [2.45, 2.75) is 98.6 Å². The van der Waals surface area contributed by atoms with Crippen molar-refractivity contribution in [2.75, 3.05) is 22.1 Å². The highest BCUT2D eigenvalue weighted by molar-refractivity contribution is 8.00. The molecule has 4 fully saturated rings. The Kier molecular flexibility index (Phi) is 12.6. The number of aromatic nitrogens is 3. The summed E-state index contributed by atoms with van der Waals surface area (Å²) >= 11 is 0. The standard InChI is InChI=1S/C25H30N2O3S.C20H22F3N3O3S/c1-31(30,16-17-2-3-17)24-13-4-18(15-26-24)14-23(28)27-22-11-9-21(10-12-22)25(29,19-5-6-19)20-7-8-20;1-19(28,20(21,22)23)15-6-7-16(24-11-15)26-17(27)9-14-5-8-18(25-10-14)30(2,29)12-13-3-4-13/h4,9-13,15,17,19-20,29H,1-3,5-8,14,16H2,(H,27,28);5-8,10-11,13,28H,2-4,9,12H2,1H3,(H,24,26,27). The van der Waals surface area contributed by atoms with Gasteiger partial charge in [-0.2, -0.15) is 13.2 Å². The van der Waals surface area contributed by atoms with E-state index in [4.69, 9.17) is 0 Å². The first-order chi connectivity index (χ1) is 28.7. The zero-order chi connectivity index (χ0) is 43.8. The second kappa shape index (κ2) is 17.3. The number of aliphatic hydroxyl groups is 2. The fourth-order valence-corrected chi connectivity index (χ4v) is 11.0. The van der Waals surface area contributed by atoms with Gasteiger partial charge in [0.05, 0.1) is 18.4 Å². The van der Waals surface area contributed by atoms with Gasteiger partial charge in [-0.3, -0.25) is 18.0 Å². The molecule has 4 N–H and O–H groups in total. The van der Waals surface area contributed by atoms with Gasteiger partial charge in [0.25, 0.3) is 0 Å². The van der Waals surface area contributed by atoms with Gasteiger partial charge in [0.1, 0.15) is 15.9 Å². The summed E-state index contributed by atoms with van der Waals surface area (Å²) in [4.78, 5) is 36.9. The minimum absolute atomic E-state index is 0.0437. The van der Waals surface area contributed by atoms with Crippen molar-refractivity contribution >= 4 is 54.1 Å². The first kappa shape index (κ1) is 44.4. The van der Waals surface area contributed by atoms with Crippen molar-refractivity contribution in [1.82, 2.24) is 15.0 Å². The molecular formula is C45H52F3N5O6S2. The van der Waals surface area contributed by atoms with E-state index in [0.29, 0.717) is 57.7 Å². The van der Waals surface area contributed by atoms with E-state index in [-0.39, 0.29) is 24.6 Å². The molecule has 3 heterocycles. The van der Waals surface area contributed by atoms with Gasteiger partial charge in [0, 0.05) is 60.4 Å². The molecule has 3 atom stereocenters. The van der Waals surface area contributed by atoms with E-state index in [1.54, 1.807) is 24.4 Å². The Bertz CT molecular complexity index is 2420. The zero-order valence-electron chi connectivity index (χ0n) is 34.0. The highest BCUT2D eigenvalue weighted by Gasteiger charge is 2.54. The Balaban J connectivity index is 0.000000184. The van der Waals surface area contributed by atoms with Crippen LogP contribution < -0.4 is 10.6 Å². The van der Waals surface area contributed by atoms with Crippen molar-refractivity contribution in [1.29, 1.82) is 0 Å². The molecule has 0 spiro atoms. The largest absolute Gasteiger partial charge is 0.421 e. The van der Waals surface area contributed by atoms with Gasteiger partial charge in [-0.25, -0.2) is 15.0 Å². The van der Waals surface area contributed by atoms with Crippen LogP contribution in [0.5, 0.6) is 0 Å². The summed E-state index contributed by atoms with van der Waals surface area (Å²) < 4.78 is 63.9. The maximum Gasteiger partial charge on any atom is 0.421 e. The number of carbonyl (C=O) groups excluding carboxylic acids is 2. The molecule has 0 radical (unpaired) electrons. The highest BCUT2D eigenvalue weighted by Crippen LogP contribution is 2.57. The summed E-state index contributed by atoms with van der Waals surface area (Å²) in [7, 11) is -4.78. The van der Waals surface area contributed by atoms with Crippen LogP contribution in [0.1, 0.15) is 80.5 Å². The fraction of sp³-hybridized carbons (Fsp3) is 0.444. The van der Waals surface area contributed by atoms with E-state index in [9.17, 15) is 41.4 Å². The molecule has 1 aromatic carbocycles. The molecule has 4 aromatic rings. The molecule has 3 aromatic heterocycles. The monoisotopic (exact) mass is 879 g/mol. The Morgan fingerprint density at radius 1 is 0.656 bits per heavy atom. The normalized spacial score (nSPS) is 19.6. The second-order valence-corrected chi connectivity index (χ2v) is 22.0. The van der Waals surface area contributed by atoms with E-state index in [0.717, 1.165) is 80.4 Å². The van der Waals surface area contributed by atoms with E-state index >= 15 is 0 Å². The number of carbonyl (C=O) groups is 2. The maximum absolute atomic E-state index is 12.9. The van der Waals surface area contributed by atoms with Gasteiger partial charge < -0.3 is 20.8 Å². The molecule has 2 amide bonds. The zero-order valence-corrected chi connectivity index (χ0v) is 35.7. The molecule has 0 aliphatic heterocycles. The first-order valence-electron chi connectivity index (χ1n) is 20.5. The Morgan fingerprint density at radius 2 is 1.11 bits per heavy atom. The van der Waals surface area contributed by atoms with Crippen molar-refractivity contribution < 1.29 is 41.4 Å². The number of hydrogen-bond donors (Lipinski definition) is 4. The Labute approximate surface area is 355 Å². The SMILES string of the molecule is C=S(=O)(CC1CC1)c1ccc(CC(=O)Nc2ccc(C(C)(O)C(F)(F)F)cn2)cn1.C=S(=O)(CC1CC1)c1ccc(CC(=O)Nc2ccc(C(O)(C3CC3)C3CC3)cc2)cn1. The number of pyridine rings is 3. The lowest BCUT2D eigenvalue weighted by molar-refractivity contribution is -0.259. The van der Waals surface area contributed by atoms with Crippen LogP contribution in [0, 0.1) is 23.7 Å². The average Bonchev–Trinajstić information content (AvgIpc) is 3.99. The predicted molar refractivity (Wildman–Crippen MR) is 231 cm³/mol. The van der Waals surface area contributed by atoms with Crippen LogP contribution in [0.4, 0.5) is 24.7 Å². The van der Waals surface area contributed by atoms with Crippen LogP contribution in [-0.2, 0) is 52.7 Å². The number of rotatable bonds is 16. The lowest BCUT2D eigenvalue weighted by atomic mass is 9.84. The van der Waals surface area contributed by atoms with Crippen LogP contribution in [-0.4, -0.2) is 74.8 Å². The van der Waals surface area contributed by atoms with Gasteiger partial charge in [-0.05, 0) is 141 Å². The number of nitrogens with one attached hydrogen (secondary N) is 2. The van der Waals surface area contributed by atoms with Crippen LogP contribution in [0.15, 0.2) is 89.3 Å². The highest BCUT2D eigenvalue weighted by atomic mass is 32.2. The summed E-state index contributed by atoms with van der Waals surface area (Å²) in [5.41, 5.74) is -1.12. The number of anilines is 2. The van der Waals surface area contributed by atoms with Crippen molar-refractivity contribution in [2.24, 2.45) is 23.7 Å². The Morgan fingerprint density at radius 3 is 1.49 bits per heavy atom. The van der Waals surface area contributed by atoms with Crippen LogP contribution in [0.25, 0.3) is 0 Å². The third-order valence-corrected chi connectivity index (χ3v) is 15.7. The quantitative estimate of drug-likeness (QED) is 0.0898. The molecule has 0 bridgehead atoms. The van der Waals surface area contributed by atoms with Crippen molar-refractivity contribution in [3.63, 3.8) is 0 Å². The fourth-order valence-electron chi connectivity index (χ4n) is 7.33. The number of nitrogens with zero attached hydrogens (tertiary/aromatic N) is 3. The summed E-state index contributed by atoms with van der Waals surface area (Å²) in [6, 6.07) is 16.7. The molecular weight excluding hydrogens is 828 g/mol. The smallest absolute Gasteiger partial charge is 0.385 e. The summed E-state index contributed by atoms with van der Waals surface area (Å²) in [5, 5.41) is 27.2. The average molecular weight is 880 g/mol. The number of amides is 2. The molecule has 61 heavy (non-hydrogen) atoms. The van der Waals surface area contributed by atoms with Crippen LogP contribution in [0.3, 0.4) is 0 Å². The second-order valence-electron chi connectivity index (χ2n) is 17.3. The molecule has 4 aliphatic rings. The van der Waals surface area contributed by atoms with Gasteiger partial charge in [-0.1, -0.05) is 30.3 Å². The Hall–Kier alpha value is -4.64. The van der Waals surface area contributed by atoms with Gasteiger partial charge in [0.2, 0.25) is 11.8 Å². The molecule has 11 nitrogen and oxygen atoms in total. The molecule has 16 heteroatoms. The molecule has 0 saturated heterocycles. The van der Waals surface area contributed by atoms with Crippen molar-refractivity contribution in [3.8, 4) is 0 Å². The lowest BCUT2D eigenvalue weighted by Crippen LogP contribution is -2.39. The third-order valence-electron chi connectivity index (χ3n) is 11.7. The molecule has 326 valence electrons. The maximum atomic E-state index is 12.9. The van der Waals surface area contributed by atoms with Crippen molar-refractivity contribution in [3.05, 3.63) is 102 Å². The third kappa shape index (κ3) is 11.3. The van der Waals surface area contributed by atoms with E-state index in [1.807, 2.05) is 30.3 Å². The van der Waals surface area contributed by atoms with Gasteiger partial charge in [-0.15, -0.1) is 0 Å². The predicted octanol–water partition coefficient (Wildman–Crippen LogP) is 6.67. The lowest BCUT2D eigenvalue weighted by Gasteiger charge is -2.29. The van der Waals surface area contributed by atoms with E-state index < -0.39 is 47.9 Å². The molecule has 8 rings (SSSR count). The number of benzene rings is 1. The first-order valence-corrected chi connectivity index (χ1v) is 24.3. The molecule has 4 saturated carbocycles. The minimum Gasteiger partial charge on any atom is -0.385 e. The number of halogens is 3. The van der Waals surface area contributed by atoms with Gasteiger partial charge in [0.15, 0.2) is 5.60 Å². The number of hydrogen-bond acceptors (Lipinski definition) is 9. The van der Waals surface area contributed by atoms with Crippen LogP contribution in [0.2, 0.25) is 0 Å². The number of alkyl halides is 3. The molecule has 3 unspecified atom stereocenters. The molecule has 4 aliphatic carbocycles. The summed E-state index contributed by atoms with van der Waals surface area (Å²) in [5.74, 6) is 10.0. The van der Waals surface area contributed by atoms with E-state index in [2.05, 4.69) is 37.3 Å².